The van der Waals surface area contributed by atoms with Crippen molar-refractivity contribution in [3.63, 3.8) is 0 Å². The number of rotatable bonds is 7. The van der Waals surface area contributed by atoms with E-state index in [9.17, 15) is 35.2 Å². The number of hydrogen-bond acceptors (Lipinski definition) is 12. The molecule has 0 aromatic heterocycles. The summed E-state index contributed by atoms with van der Waals surface area (Å²) in [5.41, 5.74) is 0. The third-order valence-electron chi connectivity index (χ3n) is 4.30. The maximum atomic E-state index is 10.8. The number of phosphoric acid groups is 1. The largest absolute Gasteiger partial charge is 0.469 e. The van der Waals surface area contributed by atoms with Crippen molar-refractivity contribution in [2.45, 2.75) is 54.8 Å². The first kappa shape index (κ1) is 32.0. The normalized spacial score (nSPS) is 42.8. The van der Waals surface area contributed by atoms with Crippen molar-refractivity contribution in [3.8, 4) is 0 Å². The predicted molar refractivity (Wildman–Crippen MR) is 91.1 cm³/mol. The molecule has 2 aliphatic rings. The fourth-order valence-corrected chi connectivity index (χ4v) is 3.13. The minimum atomic E-state index is -4.92. The van der Waals surface area contributed by atoms with E-state index in [-0.39, 0.29) is 103 Å². The van der Waals surface area contributed by atoms with Gasteiger partial charge in [0.1, 0.15) is 49.3 Å². The summed E-state index contributed by atoms with van der Waals surface area (Å²) in [5, 5.41) is 68.3. The molecule has 0 unspecified atom stereocenters. The number of hydrogen-bond donors (Lipinski definition) is 9. The maximum absolute atomic E-state index is 10.8. The van der Waals surface area contributed by atoms with Crippen LogP contribution in [-0.4, -0.2) is 223 Å². The Morgan fingerprint density at radius 3 is 1.97 bits per heavy atom. The third kappa shape index (κ3) is 7.74. The van der Waals surface area contributed by atoms with E-state index in [4.69, 9.17) is 29.1 Å². The van der Waals surface area contributed by atoms with Crippen LogP contribution >= 0.6 is 7.82 Å². The molecule has 2 radical (unpaired) electrons. The van der Waals surface area contributed by atoms with Crippen molar-refractivity contribution in [1.29, 1.82) is 0 Å². The van der Waals surface area contributed by atoms with Crippen LogP contribution in [0.4, 0.5) is 0 Å². The number of ether oxygens (including phenoxy) is 3. The van der Waals surface area contributed by atoms with Gasteiger partial charge in [-0.05, 0) is 0 Å². The van der Waals surface area contributed by atoms with E-state index < -0.39 is 82.4 Å². The smallest absolute Gasteiger partial charge is 0.394 e. The van der Waals surface area contributed by atoms with Crippen LogP contribution in [0.25, 0.3) is 0 Å². The monoisotopic (exact) mass is 500 g/mol. The quantitative estimate of drug-likeness (QED) is 0.117. The van der Waals surface area contributed by atoms with Gasteiger partial charge < -0.3 is 59.7 Å². The second-order valence-corrected chi connectivity index (χ2v) is 7.40. The van der Waals surface area contributed by atoms with Crippen molar-refractivity contribution in [3.05, 3.63) is 0 Å². The summed E-state index contributed by atoms with van der Waals surface area (Å²) in [5.74, 6) is -2.42. The molecule has 2 aliphatic heterocycles. The van der Waals surface area contributed by atoms with Gasteiger partial charge in [-0.15, -0.1) is 0 Å². The topological polar surface area (TPSA) is 236 Å². The summed E-state index contributed by atoms with van der Waals surface area (Å²) in [6, 6.07) is 0. The Bertz CT molecular complexity index is 551. The Balaban J connectivity index is 0.00000392. The molecule has 14 nitrogen and oxygen atoms in total. The Hall–Kier alpha value is 2.98. The zero-order chi connectivity index (χ0) is 20.6. The van der Waals surface area contributed by atoms with Crippen molar-refractivity contribution < 1.29 is 68.8 Å². The molecule has 0 bridgehead atoms. The standard InChI is InChI=1S/C12H23O14P.2K/c13-1-4-6(15)8(17)9(18)11(24-4)26-12(3-14)10(19)7(16)5(25-12)2-23-27(20,21)22;;/h4-11,13-19H,1-3H2,(H2,20,21,22);;/t4-,5-,6-,7-,8+,9-,10+,11-,12+;;/m1../s1. The van der Waals surface area contributed by atoms with Crippen LogP contribution in [-0.2, 0) is 23.3 Å². The Labute approximate surface area is 250 Å². The van der Waals surface area contributed by atoms with Crippen molar-refractivity contribution in [1.82, 2.24) is 0 Å². The van der Waals surface area contributed by atoms with Gasteiger partial charge in [0.2, 0.25) is 5.79 Å². The van der Waals surface area contributed by atoms with Gasteiger partial charge in [-0.2, -0.15) is 0 Å². The molecule has 9 atom stereocenters. The van der Waals surface area contributed by atoms with Crippen LogP contribution < -0.4 is 0 Å². The first-order valence-electron chi connectivity index (χ1n) is 7.79. The van der Waals surface area contributed by atoms with Gasteiger partial charge in [0.25, 0.3) is 0 Å². The number of phosphoric ester groups is 1. The summed E-state index contributed by atoms with van der Waals surface area (Å²) in [7, 11) is -4.92. The van der Waals surface area contributed by atoms with E-state index in [1.807, 2.05) is 0 Å². The van der Waals surface area contributed by atoms with Gasteiger partial charge in [0, 0.05) is 103 Å². The first-order chi connectivity index (χ1) is 12.5. The van der Waals surface area contributed by atoms with E-state index in [1.165, 1.54) is 0 Å². The van der Waals surface area contributed by atoms with Crippen LogP contribution in [0.1, 0.15) is 0 Å². The van der Waals surface area contributed by atoms with Crippen LogP contribution in [0.3, 0.4) is 0 Å². The molecule has 29 heavy (non-hydrogen) atoms. The average molecular weight is 500 g/mol. The molecule has 0 aromatic carbocycles. The third-order valence-corrected chi connectivity index (χ3v) is 4.78. The van der Waals surface area contributed by atoms with Gasteiger partial charge in [-0.25, -0.2) is 4.57 Å². The van der Waals surface area contributed by atoms with Gasteiger partial charge in [-0.3, -0.25) is 4.52 Å². The second-order valence-electron chi connectivity index (χ2n) is 6.16. The molecule has 2 rings (SSSR count). The van der Waals surface area contributed by atoms with Crippen LogP contribution in [0.2, 0.25) is 0 Å². The van der Waals surface area contributed by atoms with E-state index in [0.29, 0.717) is 0 Å². The molecule has 17 heteroatoms. The van der Waals surface area contributed by atoms with Gasteiger partial charge >= 0.3 is 7.82 Å². The Morgan fingerprint density at radius 1 is 0.897 bits per heavy atom. The molecule has 2 saturated heterocycles. The minimum Gasteiger partial charge on any atom is -0.394 e. The molecule has 162 valence electrons. The van der Waals surface area contributed by atoms with Crippen LogP contribution in [0.5, 0.6) is 0 Å². The zero-order valence-corrected chi connectivity index (χ0v) is 22.9. The SMILES string of the molecule is O=P(O)(O)OC[C@H]1O[C@@](CO)(O[C@H]2O[C@H](CO)[C@@H](O)[C@H](O)[C@H]2O)[C@@H](O)[C@@H]1O.[K].[K]. The van der Waals surface area contributed by atoms with Crippen LogP contribution in [0, 0.1) is 0 Å². The van der Waals surface area contributed by atoms with Gasteiger partial charge in [0.15, 0.2) is 6.29 Å². The van der Waals surface area contributed by atoms with E-state index >= 15 is 0 Å². The molecule has 0 aliphatic carbocycles. The Morgan fingerprint density at radius 2 is 1.48 bits per heavy atom. The molecule has 0 amide bonds. The summed E-state index contributed by atoms with van der Waals surface area (Å²) < 4.78 is 30.4. The average Bonchev–Trinajstić information content (AvgIpc) is 2.85. The maximum Gasteiger partial charge on any atom is 0.469 e. The van der Waals surface area contributed by atoms with Crippen LogP contribution in [0.15, 0.2) is 0 Å². The van der Waals surface area contributed by atoms with Gasteiger partial charge in [-0.1, -0.05) is 0 Å². The fourth-order valence-electron chi connectivity index (χ4n) is 2.79. The second kappa shape index (κ2) is 13.2. The molecular formula is C12H23K2O14P. The molecule has 0 spiro atoms. The van der Waals surface area contributed by atoms with E-state index in [0.717, 1.165) is 0 Å². The fraction of sp³-hybridized carbons (Fsp3) is 1.00. The summed E-state index contributed by atoms with van der Waals surface area (Å²) in [6.07, 6.45) is -13.9. The Kier molecular flexibility index (Phi) is 14.5. The van der Waals surface area contributed by atoms with Crippen molar-refractivity contribution in [2.75, 3.05) is 19.8 Å². The minimum absolute atomic E-state index is 0. The van der Waals surface area contributed by atoms with Crippen molar-refractivity contribution in [2.24, 2.45) is 0 Å². The summed E-state index contributed by atoms with van der Waals surface area (Å²) in [6.45, 7) is -2.74. The van der Waals surface area contributed by atoms with E-state index in [2.05, 4.69) is 4.52 Å². The summed E-state index contributed by atoms with van der Waals surface area (Å²) in [4.78, 5) is 17.4. The molecule has 0 saturated carbocycles. The molecular weight excluding hydrogens is 477 g/mol. The zero-order valence-electron chi connectivity index (χ0n) is 15.8. The summed E-state index contributed by atoms with van der Waals surface area (Å²) >= 11 is 0. The first-order valence-corrected chi connectivity index (χ1v) is 9.32. The molecule has 2 fully saturated rings. The van der Waals surface area contributed by atoms with Crippen molar-refractivity contribution >= 4 is 111 Å². The molecule has 9 N–H and O–H groups in total. The number of aliphatic hydroxyl groups excluding tert-OH is 7. The van der Waals surface area contributed by atoms with E-state index in [1.54, 1.807) is 0 Å². The number of aliphatic hydroxyl groups is 7. The molecule has 2 heterocycles. The predicted octanol–water partition coefficient (Wildman–Crippen LogP) is -6.04. The molecule has 0 aromatic rings. The van der Waals surface area contributed by atoms with Gasteiger partial charge in [0.05, 0.1) is 13.2 Å².